The normalized spacial score (nSPS) is 12.8. The zero-order valence-corrected chi connectivity index (χ0v) is 13.7. The molecule has 130 valence electrons. The topological polar surface area (TPSA) is 46.9 Å². The van der Waals surface area contributed by atoms with E-state index in [2.05, 4.69) is 10.4 Å². The van der Waals surface area contributed by atoms with Gasteiger partial charge in [0.15, 0.2) is 0 Å². The molecule has 3 aromatic rings. The lowest BCUT2D eigenvalue weighted by atomic mass is 10.1. The Hall–Kier alpha value is -2.61. The summed E-state index contributed by atoms with van der Waals surface area (Å²) in [5.74, 6) is -0.556. The first-order chi connectivity index (χ1) is 11.9. The molecule has 2 aromatic heterocycles. The van der Waals surface area contributed by atoms with Gasteiger partial charge in [0.25, 0.3) is 5.91 Å². The van der Waals surface area contributed by atoms with Gasteiger partial charge >= 0.3 is 6.18 Å². The van der Waals surface area contributed by atoms with E-state index in [-0.39, 0.29) is 18.2 Å². The van der Waals surface area contributed by atoms with Crippen LogP contribution in [0.3, 0.4) is 0 Å². The van der Waals surface area contributed by atoms with Crippen LogP contribution in [0.5, 0.6) is 0 Å². The maximum absolute atomic E-state index is 12.8. The highest BCUT2D eigenvalue weighted by Gasteiger charge is 2.31. The molecule has 0 aliphatic carbocycles. The lowest BCUT2D eigenvalue weighted by Crippen LogP contribution is -2.31. The van der Waals surface area contributed by atoms with E-state index in [9.17, 15) is 18.0 Å². The second kappa shape index (κ2) is 7.10. The summed E-state index contributed by atoms with van der Waals surface area (Å²) in [6.45, 7) is 0.220. The molecule has 0 aliphatic heterocycles. The molecule has 2 heterocycles. The second-order valence-electron chi connectivity index (χ2n) is 5.31. The van der Waals surface area contributed by atoms with E-state index in [0.29, 0.717) is 0 Å². The van der Waals surface area contributed by atoms with Crippen molar-refractivity contribution in [3.8, 4) is 0 Å². The summed E-state index contributed by atoms with van der Waals surface area (Å²) in [6.07, 6.45) is -1.07. The van der Waals surface area contributed by atoms with Gasteiger partial charge in [0.1, 0.15) is 6.04 Å². The van der Waals surface area contributed by atoms with Crippen LogP contribution in [0.2, 0.25) is 0 Å². The highest BCUT2D eigenvalue weighted by atomic mass is 32.1. The fourth-order valence-electron chi connectivity index (χ4n) is 2.40. The van der Waals surface area contributed by atoms with Crippen molar-refractivity contribution in [1.29, 1.82) is 0 Å². The molecule has 3 rings (SSSR count). The molecule has 0 fully saturated rings. The first kappa shape index (κ1) is 17.2. The van der Waals surface area contributed by atoms with Crippen LogP contribution in [0.25, 0.3) is 0 Å². The summed E-state index contributed by atoms with van der Waals surface area (Å²) in [5, 5.41) is 8.80. The van der Waals surface area contributed by atoms with Crippen molar-refractivity contribution >= 4 is 17.2 Å². The van der Waals surface area contributed by atoms with Crippen molar-refractivity contribution in [2.45, 2.75) is 12.2 Å². The third kappa shape index (κ3) is 4.08. The smallest absolute Gasteiger partial charge is 0.350 e. The Morgan fingerprint density at radius 3 is 2.72 bits per heavy atom. The van der Waals surface area contributed by atoms with Gasteiger partial charge in [0.2, 0.25) is 0 Å². The number of benzene rings is 1. The Morgan fingerprint density at radius 1 is 1.24 bits per heavy atom. The van der Waals surface area contributed by atoms with Crippen LogP contribution in [0.4, 0.5) is 13.2 Å². The Morgan fingerprint density at radius 2 is 2.08 bits per heavy atom. The minimum atomic E-state index is -4.48. The van der Waals surface area contributed by atoms with Gasteiger partial charge in [-0.3, -0.25) is 9.48 Å². The number of hydrogen-bond donors (Lipinski definition) is 1. The number of thiophene rings is 1. The van der Waals surface area contributed by atoms with Crippen molar-refractivity contribution in [3.05, 3.63) is 76.2 Å². The van der Waals surface area contributed by atoms with Gasteiger partial charge < -0.3 is 5.32 Å². The van der Waals surface area contributed by atoms with Gasteiger partial charge in [-0.05, 0) is 35.7 Å². The molecule has 0 saturated heterocycles. The second-order valence-corrected chi connectivity index (χ2v) is 6.29. The van der Waals surface area contributed by atoms with E-state index >= 15 is 0 Å². The maximum atomic E-state index is 12.8. The van der Waals surface area contributed by atoms with Crippen molar-refractivity contribution < 1.29 is 18.0 Å². The summed E-state index contributed by atoms with van der Waals surface area (Å²) in [6, 6.07) is 9.75. The van der Waals surface area contributed by atoms with Crippen LogP contribution in [-0.2, 0) is 6.18 Å². The monoisotopic (exact) mass is 365 g/mol. The van der Waals surface area contributed by atoms with E-state index in [0.717, 1.165) is 17.0 Å². The van der Waals surface area contributed by atoms with E-state index in [1.807, 2.05) is 17.5 Å². The number of alkyl halides is 3. The molecule has 0 spiro atoms. The third-order valence-electron chi connectivity index (χ3n) is 3.62. The first-order valence-corrected chi connectivity index (χ1v) is 8.31. The minimum absolute atomic E-state index is 0.0276. The number of carbonyl (C=O) groups excluding carboxylic acids is 1. The molecule has 1 N–H and O–H groups in total. The minimum Gasteiger partial charge on any atom is -0.350 e. The van der Waals surface area contributed by atoms with E-state index in [4.69, 9.17) is 0 Å². The molecule has 0 radical (unpaired) electrons. The molecule has 1 aromatic carbocycles. The van der Waals surface area contributed by atoms with Gasteiger partial charge in [-0.15, -0.1) is 11.3 Å². The Kier molecular flexibility index (Phi) is 4.89. The van der Waals surface area contributed by atoms with Crippen molar-refractivity contribution in [3.63, 3.8) is 0 Å². The summed E-state index contributed by atoms with van der Waals surface area (Å²) in [7, 11) is 0. The zero-order valence-electron chi connectivity index (χ0n) is 12.9. The molecule has 4 nitrogen and oxygen atoms in total. The van der Waals surface area contributed by atoms with Crippen LogP contribution in [0, 0.1) is 0 Å². The highest BCUT2D eigenvalue weighted by molar-refractivity contribution is 7.10. The molecule has 0 bridgehead atoms. The first-order valence-electron chi connectivity index (χ1n) is 7.43. The molecule has 0 saturated carbocycles. The number of rotatable bonds is 5. The Labute approximate surface area is 145 Å². The SMILES string of the molecule is O=C(NCC(c1cccs1)n1cccn1)c1cccc(C(F)(F)F)c1. The largest absolute Gasteiger partial charge is 0.416 e. The average molecular weight is 365 g/mol. The van der Waals surface area contributed by atoms with Gasteiger partial charge in [0.05, 0.1) is 5.56 Å². The van der Waals surface area contributed by atoms with Gasteiger partial charge in [-0.1, -0.05) is 12.1 Å². The fourth-order valence-corrected chi connectivity index (χ4v) is 3.22. The highest BCUT2D eigenvalue weighted by Crippen LogP contribution is 2.29. The standard InChI is InChI=1S/C17H14F3N3OS/c18-17(19,20)13-5-1-4-12(10-13)16(24)21-11-14(15-6-2-9-25-15)23-8-3-7-22-23/h1-10,14H,11H2,(H,21,24). The number of aromatic nitrogens is 2. The average Bonchev–Trinajstić information content (AvgIpc) is 3.28. The predicted octanol–water partition coefficient (Wildman–Crippen LogP) is 3.98. The number of nitrogens with zero attached hydrogens (tertiary/aromatic N) is 2. The van der Waals surface area contributed by atoms with Crippen LogP contribution < -0.4 is 5.32 Å². The van der Waals surface area contributed by atoms with Crippen LogP contribution in [-0.4, -0.2) is 22.2 Å². The molecule has 0 aliphatic rings. The number of nitrogens with one attached hydrogen (secondary N) is 1. The lowest BCUT2D eigenvalue weighted by Gasteiger charge is -2.17. The Bertz CT molecular complexity index is 795. The van der Waals surface area contributed by atoms with Gasteiger partial charge in [0, 0.05) is 29.4 Å². The van der Waals surface area contributed by atoms with E-state index in [1.165, 1.54) is 23.5 Å². The number of carbonyl (C=O) groups is 1. The number of halogens is 3. The van der Waals surface area contributed by atoms with Crippen LogP contribution >= 0.6 is 11.3 Å². The summed E-state index contributed by atoms with van der Waals surface area (Å²) in [4.78, 5) is 13.3. The molecule has 1 atom stereocenters. The van der Waals surface area contributed by atoms with Crippen LogP contribution in [0.15, 0.2) is 60.2 Å². The molecule has 1 unspecified atom stereocenters. The number of amides is 1. The maximum Gasteiger partial charge on any atom is 0.416 e. The third-order valence-corrected chi connectivity index (χ3v) is 4.60. The fraction of sp³-hybridized carbons (Fsp3) is 0.176. The van der Waals surface area contributed by atoms with Crippen molar-refractivity contribution in [2.24, 2.45) is 0 Å². The van der Waals surface area contributed by atoms with E-state index in [1.54, 1.807) is 23.1 Å². The van der Waals surface area contributed by atoms with Gasteiger partial charge in [-0.2, -0.15) is 18.3 Å². The lowest BCUT2D eigenvalue weighted by molar-refractivity contribution is -0.137. The molecule has 1 amide bonds. The van der Waals surface area contributed by atoms with Crippen molar-refractivity contribution in [1.82, 2.24) is 15.1 Å². The molecule has 8 heteroatoms. The summed E-state index contributed by atoms with van der Waals surface area (Å²) < 4.78 is 40.0. The summed E-state index contributed by atoms with van der Waals surface area (Å²) in [5.41, 5.74) is -0.873. The zero-order chi connectivity index (χ0) is 17.9. The predicted molar refractivity (Wildman–Crippen MR) is 88.5 cm³/mol. The number of hydrogen-bond acceptors (Lipinski definition) is 3. The van der Waals surface area contributed by atoms with E-state index < -0.39 is 17.6 Å². The Balaban J connectivity index is 1.74. The molecular formula is C17H14F3N3OS. The quantitative estimate of drug-likeness (QED) is 0.743. The van der Waals surface area contributed by atoms with Gasteiger partial charge in [-0.25, -0.2) is 0 Å². The van der Waals surface area contributed by atoms with Crippen molar-refractivity contribution in [2.75, 3.05) is 6.54 Å². The molecule has 25 heavy (non-hydrogen) atoms. The molecular weight excluding hydrogens is 351 g/mol. The van der Waals surface area contributed by atoms with Crippen LogP contribution in [0.1, 0.15) is 26.8 Å². The summed E-state index contributed by atoms with van der Waals surface area (Å²) >= 11 is 1.52.